The van der Waals surface area contributed by atoms with Crippen LogP contribution >= 0.6 is 11.3 Å². The molecular weight excluding hydrogens is 232 g/mol. The van der Waals surface area contributed by atoms with Gasteiger partial charge in [0, 0.05) is 11.4 Å². The van der Waals surface area contributed by atoms with Gasteiger partial charge in [-0.15, -0.1) is 11.3 Å². The van der Waals surface area contributed by atoms with Crippen LogP contribution in [-0.2, 0) is 13.0 Å². The number of nitrogens with one attached hydrogen (secondary N) is 1. The highest BCUT2D eigenvalue weighted by molar-refractivity contribution is 7.15. The van der Waals surface area contributed by atoms with E-state index in [1.165, 1.54) is 10.6 Å². The van der Waals surface area contributed by atoms with Crippen molar-refractivity contribution in [2.45, 2.75) is 33.7 Å². The lowest BCUT2D eigenvalue weighted by molar-refractivity contribution is 0.580. The van der Waals surface area contributed by atoms with E-state index >= 15 is 0 Å². The number of nitrogens with zero attached hydrogens (tertiary/aromatic N) is 1. The summed E-state index contributed by atoms with van der Waals surface area (Å²) in [6, 6.07) is 1.98. The molecule has 0 unspecified atom stereocenters. The number of hydrogen-bond acceptors (Lipinski definition) is 4. The largest absolute Gasteiger partial charge is 0.462 e. The Kier molecular flexibility index (Phi) is 3.97. The molecule has 2 aromatic heterocycles. The predicted molar refractivity (Wildman–Crippen MR) is 71.3 cm³/mol. The molecule has 2 heterocycles. The molecule has 0 saturated heterocycles. The molecule has 0 amide bonds. The lowest BCUT2D eigenvalue weighted by Crippen LogP contribution is -2.11. The predicted octanol–water partition coefficient (Wildman–Crippen LogP) is 3.38. The Morgan fingerprint density at radius 3 is 2.82 bits per heavy atom. The van der Waals surface area contributed by atoms with Crippen molar-refractivity contribution >= 4 is 11.3 Å². The highest BCUT2D eigenvalue weighted by Crippen LogP contribution is 2.31. The molecule has 17 heavy (non-hydrogen) atoms. The minimum absolute atomic E-state index is 0.900. The van der Waals surface area contributed by atoms with Gasteiger partial charge in [0.05, 0.1) is 12.0 Å². The summed E-state index contributed by atoms with van der Waals surface area (Å²) >= 11 is 1.73. The van der Waals surface area contributed by atoms with Crippen molar-refractivity contribution in [1.82, 2.24) is 10.3 Å². The van der Waals surface area contributed by atoms with Gasteiger partial charge in [0.1, 0.15) is 0 Å². The van der Waals surface area contributed by atoms with Crippen LogP contribution < -0.4 is 5.32 Å². The maximum absolute atomic E-state index is 5.50. The van der Waals surface area contributed by atoms with Gasteiger partial charge in [-0.3, -0.25) is 0 Å². The zero-order valence-corrected chi connectivity index (χ0v) is 11.4. The van der Waals surface area contributed by atoms with Gasteiger partial charge < -0.3 is 9.73 Å². The Labute approximate surface area is 106 Å². The van der Waals surface area contributed by atoms with E-state index in [9.17, 15) is 0 Å². The molecule has 92 valence electrons. The second-order valence-electron chi connectivity index (χ2n) is 3.96. The molecule has 0 spiro atoms. The highest BCUT2D eigenvalue weighted by Gasteiger charge is 2.14. The van der Waals surface area contributed by atoms with Gasteiger partial charge in [-0.1, -0.05) is 13.8 Å². The third-order valence-electron chi connectivity index (χ3n) is 2.71. The summed E-state index contributed by atoms with van der Waals surface area (Å²) in [6.45, 7) is 8.19. The first-order valence-corrected chi connectivity index (χ1v) is 6.81. The van der Waals surface area contributed by atoms with Crippen molar-refractivity contribution in [2.75, 3.05) is 6.54 Å². The first-order valence-electron chi connectivity index (χ1n) is 6.00. The van der Waals surface area contributed by atoms with Crippen LogP contribution in [0.3, 0.4) is 0 Å². The van der Waals surface area contributed by atoms with Gasteiger partial charge >= 0.3 is 0 Å². The van der Waals surface area contributed by atoms with E-state index in [2.05, 4.69) is 31.1 Å². The summed E-state index contributed by atoms with van der Waals surface area (Å²) < 4.78 is 5.50. The third-order valence-corrected chi connectivity index (χ3v) is 3.80. The van der Waals surface area contributed by atoms with Crippen molar-refractivity contribution in [2.24, 2.45) is 0 Å². The molecule has 0 fully saturated rings. The monoisotopic (exact) mass is 250 g/mol. The zero-order chi connectivity index (χ0) is 12.3. The number of thiazole rings is 1. The van der Waals surface area contributed by atoms with E-state index in [4.69, 9.17) is 4.42 Å². The van der Waals surface area contributed by atoms with E-state index in [1.807, 2.05) is 6.07 Å². The topological polar surface area (TPSA) is 38.1 Å². The van der Waals surface area contributed by atoms with Crippen LogP contribution in [0, 0.1) is 6.92 Å². The lowest BCUT2D eigenvalue weighted by Gasteiger charge is -1.99. The molecule has 0 aliphatic heterocycles. The molecule has 4 heteroatoms. The van der Waals surface area contributed by atoms with Crippen LogP contribution in [0.4, 0.5) is 0 Å². The molecule has 1 N–H and O–H groups in total. The van der Waals surface area contributed by atoms with Crippen molar-refractivity contribution in [1.29, 1.82) is 0 Å². The van der Waals surface area contributed by atoms with E-state index in [0.717, 1.165) is 35.8 Å². The van der Waals surface area contributed by atoms with Crippen molar-refractivity contribution in [3.63, 3.8) is 0 Å². The summed E-state index contributed by atoms with van der Waals surface area (Å²) in [6.07, 6.45) is 2.69. The van der Waals surface area contributed by atoms with Crippen molar-refractivity contribution in [3.8, 4) is 10.8 Å². The minimum Gasteiger partial charge on any atom is -0.462 e. The normalized spacial score (nSPS) is 11.0. The summed E-state index contributed by atoms with van der Waals surface area (Å²) in [5.41, 5.74) is 2.33. The van der Waals surface area contributed by atoms with E-state index in [1.54, 1.807) is 17.6 Å². The van der Waals surface area contributed by atoms with E-state index < -0.39 is 0 Å². The highest BCUT2D eigenvalue weighted by atomic mass is 32.1. The van der Waals surface area contributed by atoms with E-state index in [0.29, 0.717) is 0 Å². The molecular formula is C13H18N2OS. The number of aryl methyl sites for hydroxylation is 2. The maximum Gasteiger partial charge on any atom is 0.165 e. The Balaban J connectivity index is 2.31. The van der Waals surface area contributed by atoms with Gasteiger partial charge in [-0.2, -0.15) is 0 Å². The Bertz CT molecular complexity index is 487. The molecule has 0 bridgehead atoms. The fourth-order valence-corrected chi connectivity index (χ4v) is 2.90. The quantitative estimate of drug-likeness (QED) is 0.884. The molecule has 0 aliphatic carbocycles. The Morgan fingerprint density at radius 1 is 1.41 bits per heavy atom. The fraction of sp³-hybridized carbons (Fsp3) is 0.462. The molecule has 0 atom stereocenters. The average molecular weight is 250 g/mol. The lowest BCUT2D eigenvalue weighted by atomic mass is 10.3. The van der Waals surface area contributed by atoms with Gasteiger partial charge in [0.15, 0.2) is 10.8 Å². The second kappa shape index (κ2) is 5.47. The van der Waals surface area contributed by atoms with Crippen LogP contribution in [0.25, 0.3) is 10.8 Å². The molecule has 0 aromatic carbocycles. The minimum atomic E-state index is 0.900. The van der Waals surface area contributed by atoms with Gasteiger partial charge in [0.25, 0.3) is 0 Å². The molecule has 0 saturated carbocycles. The Hall–Kier alpha value is -1.13. The van der Waals surface area contributed by atoms with Crippen molar-refractivity contribution in [3.05, 3.63) is 28.5 Å². The Morgan fingerprint density at radius 2 is 2.24 bits per heavy atom. The first kappa shape index (κ1) is 12.3. The van der Waals surface area contributed by atoms with Crippen LogP contribution in [0.2, 0.25) is 0 Å². The summed E-state index contributed by atoms with van der Waals surface area (Å²) in [5.74, 6) is 0.910. The number of rotatable bonds is 5. The van der Waals surface area contributed by atoms with Gasteiger partial charge in [-0.25, -0.2) is 4.98 Å². The summed E-state index contributed by atoms with van der Waals surface area (Å²) in [5, 5.41) is 4.35. The maximum atomic E-state index is 5.50. The number of furan rings is 1. The van der Waals surface area contributed by atoms with Gasteiger partial charge in [0.2, 0.25) is 0 Å². The molecule has 3 nitrogen and oxygen atoms in total. The number of hydrogen-bond donors (Lipinski definition) is 1. The first-order chi connectivity index (χ1) is 8.26. The molecule has 0 radical (unpaired) electrons. The van der Waals surface area contributed by atoms with E-state index in [-0.39, 0.29) is 0 Å². The third kappa shape index (κ3) is 2.58. The fourth-order valence-electron chi connectivity index (χ4n) is 1.73. The number of aromatic nitrogens is 1. The summed E-state index contributed by atoms with van der Waals surface area (Å²) in [4.78, 5) is 5.99. The van der Waals surface area contributed by atoms with Crippen LogP contribution in [0.5, 0.6) is 0 Å². The SMILES string of the molecule is CCNCc1sc(-c2occc2C)nc1CC. The second-order valence-corrected chi connectivity index (χ2v) is 5.04. The average Bonchev–Trinajstić information content (AvgIpc) is 2.91. The standard InChI is InChI=1S/C13H18N2OS/c1-4-10-11(8-14-5-2)17-13(15-10)12-9(3)6-7-16-12/h6-7,14H,4-5,8H2,1-3H3. The molecule has 0 aliphatic rings. The molecule has 2 aromatic rings. The smallest absolute Gasteiger partial charge is 0.165 e. The van der Waals surface area contributed by atoms with Gasteiger partial charge in [-0.05, 0) is 31.5 Å². The summed E-state index contributed by atoms with van der Waals surface area (Å²) in [7, 11) is 0. The van der Waals surface area contributed by atoms with Crippen LogP contribution in [0.15, 0.2) is 16.7 Å². The van der Waals surface area contributed by atoms with Crippen molar-refractivity contribution < 1.29 is 4.42 Å². The molecule has 2 rings (SSSR count). The van der Waals surface area contributed by atoms with Crippen LogP contribution in [-0.4, -0.2) is 11.5 Å². The van der Waals surface area contributed by atoms with Crippen LogP contribution in [0.1, 0.15) is 30.0 Å². The zero-order valence-electron chi connectivity index (χ0n) is 10.5.